The molecule has 0 radical (unpaired) electrons. The number of aryl methyl sites for hydroxylation is 2. The van der Waals surface area contributed by atoms with Crippen molar-refractivity contribution in [2.45, 2.75) is 13.8 Å². The van der Waals surface area contributed by atoms with Gasteiger partial charge in [-0.25, -0.2) is 9.67 Å². The number of hydrogen-bond acceptors (Lipinski definition) is 3. The fourth-order valence-corrected chi connectivity index (χ4v) is 3.10. The molecule has 1 N–H and O–H groups in total. The average Bonchev–Trinajstić information content (AvgIpc) is 3.16. The molecular weight excluding hydrogens is 384 g/mol. The third-order valence-corrected chi connectivity index (χ3v) is 4.72. The van der Waals surface area contributed by atoms with Crippen LogP contribution in [0.15, 0.2) is 72.8 Å². The predicted molar refractivity (Wildman–Crippen MR) is 116 cm³/mol. The number of aromatic nitrogens is 3. The molecule has 4 rings (SSSR count). The molecule has 1 heterocycles. The lowest BCUT2D eigenvalue weighted by molar-refractivity contribution is 0.101. The van der Waals surface area contributed by atoms with Crippen molar-refractivity contribution < 1.29 is 4.79 Å². The van der Waals surface area contributed by atoms with Crippen molar-refractivity contribution in [3.05, 3.63) is 94.8 Å². The third-order valence-electron chi connectivity index (χ3n) is 4.48. The summed E-state index contributed by atoms with van der Waals surface area (Å²) < 4.78 is 1.66. The number of carbonyl (C=O) groups excluding carboxylic acids is 1. The fraction of sp³-hybridized carbons (Fsp3) is 0.0870. The summed E-state index contributed by atoms with van der Waals surface area (Å²) in [4.78, 5) is 17.3. The number of hydrogen-bond donors (Lipinski definition) is 1. The molecule has 6 heteroatoms. The van der Waals surface area contributed by atoms with Crippen LogP contribution in [0.1, 0.15) is 21.7 Å². The van der Waals surface area contributed by atoms with E-state index in [0.29, 0.717) is 16.5 Å². The highest BCUT2D eigenvalue weighted by atomic mass is 35.5. The van der Waals surface area contributed by atoms with Gasteiger partial charge in [-0.05, 0) is 50.2 Å². The topological polar surface area (TPSA) is 59.8 Å². The van der Waals surface area contributed by atoms with Crippen LogP contribution in [0.25, 0.3) is 17.1 Å². The lowest BCUT2D eigenvalue weighted by Crippen LogP contribution is -2.14. The van der Waals surface area contributed by atoms with E-state index in [9.17, 15) is 4.79 Å². The smallest absolute Gasteiger partial charge is 0.295 e. The molecule has 0 bridgehead atoms. The van der Waals surface area contributed by atoms with Crippen molar-refractivity contribution in [1.82, 2.24) is 14.8 Å². The summed E-state index contributed by atoms with van der Waals surface area (Å²) in [6, 6.07) is 22.8. The zero-order valence-corrected chi connectivity index (χ0v) is 16.8. The molecule has 0 atom stereocenters. The normalized spacial score (nSPS) is 10.7. The molecule has 0 unspecified atom stereocenters. The summed E-state index contributed by atoms with van der Waals surface area (Å²) in [5.74, 6) is 0.259. The summed E-state index contributed by atoms with van der Waals surface area (Å²) >= 11 is 6.17. The van der Waals surface area contributed by atoms with Gasteiger partial charge in [-0.15, -0.1) is 5.10 Å². The van der Waals surface area contributed by atoms with Crippen molar-refractivity contribution in [1.29, 1.82) is 0 Å². The maximum Gasteiger partial charge on any atom is 0.295 e. The van der Waals surface area contributed by atoms with E-state index in [1.165, 1.54) is 0 Å². The summed E-state index contributed by atoms with van der Waals surface area (Å²) in [5.41, 5.74) is 4.53. The lowest BCUT2D eigenvalue weighted by atomic mass is 10.2. The number of anilines is 1. The van der Waals surface area contributed by atoms with Crippen molar-refractivity contribution in [2.75, 3.05) is 5.32 Å². The van der Waals surface area contributed by atoms with E-state index in [-0.39, 0.29) is 11.7 Å². The van der Waals surface area contributed by atoms with E-state index in [1.54, 1.807) is 16.8 Å². The van der Waals surface area contributed by atoms with Gasteiger partial charge >= 0.3 is 0 Å². The maximum atomic E-state index is 12.8. The van der Waals surface area contributed by atoms with Crippen LogP contribution in [0, 0.1) is 13.8 Å². The molecule has 144 valence electrons. The van der Waals surface area contributed by atoms with Crippen LogP contribution in [-0.2, 0) is 0 Å². The Hall–Kier alpha value is -3.44. The van der Waals surface area contributed by atoms with Crippen molar-refractivity contribution in [2.24, 2.45) is 0 Å². The zero-order valence-electron chi connectivity index (χ0n) is 16.1. The Labute approximate surface area is 174 Å². The van der Waals surface area contributed by atoms with Crippen LogP contribution in [0.3, 0.4) is 0 Å². The molecular formula is C23H19ClN4O. The fourth-order valence-electron chi connectivity index (χ4n) is 2.91. The summed E-state index contributed by atoms with van der Waals surface area (Å²) in [5, 5.41) is 7.92. The Balaban J connectivity index is 1.75. The first kappa shape index (κ1) is 18.9. The molecule has 4 aromatic rings. The van der Waals surface area contributed by atoms with Crippen LogP contribution in [0.2, 0.25) is 5.02 Å². The van der Waals surface area contributed by atoms with E-state index in [0.717, 1.165) is 22.4 Å². The number of nitrogens with one attached hydrogen (secondary N) is 1. The second-order valence-corrected chi connectivity index (χ2v) is 7.27. The van der Waals surface area contributed by atoms with Gasteiger partial charge in [0.1, 0.15) is 0 Å². The van der Waals surface area contributed by atoms with Crippen molar-refractivity contribution in [3.63, 3.8) is 0 Å². The number of carbonyl (C=O) groups is 1. The van der Waals surface area contributed by atoms with Gasteiger partial charge < -0.3 is 5.32 Å². The summed E-state index contributed by atoms with van der Waals surface area (Å²) in [6.45, 7) is 4.01. The van der Waals surface area contributed by atoms with Crippen molar-refractivity contribution >= 4 is 23.2 Å². The first-order chi connectivity index (χ1) is 14.0. The number of halogens is 1. The molecule has 1 amide bonds. The molecule has 1 aromatic heterocycles. The highest BCUT2D eigenvalue weighted by Gasteiger charge is 2.19. The second-order valence-electron chi connectivity index (χ2n) is 6.84. The Kier molecular flexibility index (Phi) is 5.14. The van der Waals surface area contributed by atoms with Gasteiger partial charge in [-0.1, -0.05) is 59.1 Å². The number of nitrogens with zero attached hydrogens (tertiary/aromatic N) is 3. The van der Waals surface area contributed by atoms with E-state index >= 15 is 0 Å². The number of amides is 1. The van der Waals surface area contributed by atoms with E-state index in [2.05, 4.69) is 15.4 Å². The SMILES string of the molecule is Cc1ccc(NC(=O)c2nc(-c3cccc(Cl)c3)n(-c3ccc(C)cc3)n2)cc1. The minimum absolute atomic E-state index is 0.0844. The average molecular weight is 403 g/mol. The van der Waals surface area contributed by atoms with Gasteiger partial charge in [0.2, 0.25) is 5.82 Å². The van der Waals surface area contributed by atoms with E-state index in [1.807, 2.05) is 74.5 Å². The zero-order chi connectivity index (χ0) is 20.4. The van der Waals surface area contributed by atoms with Crippen LogP contribution in [-0.4, -0.2) is 20.7 Å². The van der Waals surface area contributed by atoms with Gasteiger partial charge in [0.25, 0.3) is 5.91 Å². The quantitative estimate of drug-likeness (QED) is 0.493. The first-order valence-electron chi connectivity index (χ1n) is 9.18. The largest absolute Gasteiger partial charge is 0.319 e. The van der Waals surface area contributed by atoms with Gasteiger partial charge in [0, 0.05) is 16.3 Å². The molecule has 5 nitrogen and oxygen atoms in total. The number of rotatable bonds is 4. The molecule has 0 saturated carbocycles. The Morgan fingerprint density at radius 2 is 1.59 bits per heavy atom. The molecule has 0 aliphatic carbocycles. The maximum absolute atomic E-state index is 12.8. The third kappa shape index (κ3) is 4.20. The highest BCUT2D eigenvalue weighted by molar-refractivity contribution is 6.30. The van der Waals surface area contributed by atoms with Crippen LogP contribution >= 0.6 is 11.6 Å². The lowest BCUT2D eigenvalue weighted by Gasteiger charge is -2.06. The number of benzene rings is 3. The molecule has 0 saturated heterocycles. The highest BCUT2D eigenvalue weighted by Crippen LogP contribution is 2.24. The molecule has 0 aliphatic rings. The first-order valence-corrected chi connectivity index (χ1v) is 9.55. The van der Waals surface area contributed by atoms with Crippen LogP contribution in [0.4, 0.5) is 5.69 Å². The molecule has 0 spiro atoms. The second kappa shape index (κ2) is 7.89. The minimum atomic E-state index is -0.372. The molecule has 29 heavy (non-hydrogen) atoms. The molecule has 3 aromatic carbocycles. The summed E-state index contributed by atoms with van der Waals surface area (Å²) in [7, 11) is 0. The standard InChI is InChI=1S/C23H19ClN4O/c1-15-6-10-19(11-7-15)25-23(29)21-26-22(17-4-3-5-18(24)14-17)28(27-21)20-12-8-16(2)9-13-20/h3-14H,1-2H3,(H,25,29). The Bertz CT molecular complexity index is 1160. The van der Waals surface area contributed by atoms with Gasteiger partial charge in [0.15, 0.2) is 5.82 Å². The summed E-state index contributed by atoms with van der Waals surface area (Å²) in [6.07, 6.45) is 0. The van der Waals surface area contributed by atoms with Crippen LogP contribution < -0.4 is 5.32 Å². The molecule has 0 aliphatic heterocycles. The van der Waals surface area contributed by atoms with Gasteiger partial charge in [-0.3, -0.25) is 4.79 Å². The van der Waals surface area contributed by atoms with E-state index in [4.69, 9.17) is 11.6 Å². The van der Waals surface area contributed by atoms with Gasteiger partial charge in [0.05, 0.1) is 5.69 Å². The predicted octanol–water partition coefficient (Wildman–Crippen LogP) is 5.46. The monoisotopic (exact) mass is 402 g/mol. The van der Waals surface area contributed by atoms with Crippen LogP contribution in [0.5, 0.6) is 0 Å². The minimum Gasteiger partial charge on any atom is -0.319 e. The Morgan fingerprint density at radius 1 is 0.931 bits per heavy atom. The van der Waals surface area contributed by atoms with E-state index < -0.39 is 0 Å². The Morgan fingerprint density at radius 3 is 2.24 bits per heavy atom. The molecule has 0 fully saturated rings. The van der Waals surface area contributed by atoms with Gasteiger partial charge in [-0.2, -0.15) is 0 Å². The van der Waals surface area contributed by atoms with Crippen molar-refractivity contribution in [3.8, 4) is 17.1 Å².